The van der Waals surface area contributed by atoms with Crippen molar-refractivity contribution in [2.24, 2.45) is 0 Å². The fourth-order valence-electron chi connectivity index (χ4n) is 8.24. The van der Waals surface area contributed by atoms with E-state index in [1.54, 1.807) is 0 Å². The molecule has 5 heterocycles. The van der Waals surface area contributed by atoms with Gasteiger partial charge in [0, 0.05) is 50.9 Å². The standard InChI is InChI=1S/C53H48N4O2/c58-35-15-4-2-1-3-5-16-36-59-41-25-23-40(24-26-41)53-48-33-31-46(56-48)51(38-19-11-7-12-20-38)44-29-27-42(54-44)50(37-17-9-6-10-18-37)43-28-30-45(55-43)52(39-21-13-8-14-22-39)47-32-34-49(53)57-47/h6-14,17-34,54,57-58H,1-5,15-16,35-36H2. The van der Waals surface area contributed by atoms with E-state index in [2.05, 4.69) is 174 Å². The summed E-state index contributed by atoms with van der Waals surface area (Å²) in [7, 11) is 0. The fraction of sp³-hybridized carbons (Fsp3) is 0.170. The zero-order chi connectivity index (χ0) is 39.8. The zero-order valence-electron chi connectivity index (χ0n) is 33.2. The fourth-order valence-corrected chi connectivity index (χ4v) is 8.24. The zero-order valence-corrected chi connectivity index (χ0v) is 33.2. The first-order valence-corrected chi connectivity index (χ1v) is 20.9. The summed E-state index contributed by atoms with van der Waals surface area (Å²) < 4.78 is 6.21. The molecule has 4 aromatic carbocycles. The third kappa shape index (κ3) is 8.31. The van der Waals surface area contributed by atoms with Gasteiger partial charge in [0.25, 0.3) is 0 Å². The van der Waals surface area contributed by atoms with Crippen molar-refractivity contribution in [3.8, 4) is 50.3 Å². The van der Waals surface area contributed by atoms with Crippen LogP contribution in [0.15, 0.2) is 140 Å². The number of H-pyrrole nitrogens is 2. The number of nitrogens with one attached hydrogen (secondary N) is 2. The first kappa shape index (κ1) is 37.8. The lowest BCUT2D eigenvalue weighted by atomic mass is 10.0. The first-order valence-electron chi connectivity index (χ1n) is 20.9. The molecule has 6 nitrogen and oxygen atoms in total. The van der Waals surface area contributed by atoms with Crippen LogP contribution in [0.3, 0.4) is 0 Å². The minimum Gasteiger partial charge on any atom is -0.494 e. The van der Waals surface area contributed by atoms with Gasteiger partial charge in [-0.1, -0.05) is 135 Å². The number of hydrogen-bond donors (Lipinski definition) is 3. The summed E-state index contributed by atoms with van der Waals surface area (Å²) in [4.78, 5) is 18.5. The molecule has 0 fully saturated rings. The van der Waals surface area contributed by atoms with Gasteiger partial charge in [-0.15, -0.1) is 0 Å². The number of aromatic nitrogens is 4. The molecule has 0 amide bonds. The van der Waals surface area contributed by atoms with Gasteiger partial charge in [-0.2, -0.15) is 0 Å². The SMILES string of the molecule is OCCCCCCCCCOc1ccc(-c2c3nc(c(-c4ccccc4)c4ccc([nH]4)c(-c4ccccc4)c4nc(c(-c5ccccc5)c5ccc2[nH]5)C=C4)C=C3)cc1. The highest BCUT2D eigenvalue weighted by molar-refractivity contribution is 5.99. The number of aliphatic hydroxyl groups excluding tert-OH is 1. The van der Waals surface area contributed by atoms with E-state index in [1.165, 1.54) is 19.3 Å². The van der Waals surface area contributed by atoms with Gasteiger partial charge in [-0.3, -0.25) is 0 Å². The summed E-state index contributed by atoms with van der Waals surface area (Å²) in [5.41, 5.74) is 15.8. The molecule has 0 spiro atoms. The van der Waals surface area contributed by atoms with Gasteiger partial charge in [0.2, 0.25) is 0 Å². The topological polar surface area (TPSA) is 86.8 Å². The molecular formula is C53H48N4O2. The highest BCUT2D eigenvalue weighted by Crippen LogP contribution is 2.38. The van der Waals surface area contributed by atoms with Crippen molar-refractivity contribution in [2.75, 3.05) is 13.2 Å². The van der Waals surface area contributed by atoms with E-state index in [-0.39, 0.29) is 0 Å². The van der Waals surface area contributed by atoms with E-state index in [0.717, 1.165) is 121 Å². The van der Waals surface area contributed by atoms with Crippen LogP contribution in [0.5, 0.6) is 5.75 Å². The summed E-state index contributed by atoms with van der Waals surface area (Å²) in [6.07, 6.45) is 16.3. The lowest BCUT2D eigenvalue weighted by molar-refractivity contribution is 0.281. The smallest absolute Gasteiger partial charge is 0.119 e. The Morgan fingerprint density at radius 1 is 0.373 bits per heavy atom. The van der Waals surface area contributed by atoms with Crippen molar-refractivity contribution in [1.29, 1.82) is 0 Å². The van der Waals surface area contributed by atoms with Crippen molar-refractivity contribution in [2.45, 2.75) is 44.9 Å². The molecular weight excluding hydrogens is 725 g/mol. The second-order valence-electron chi connectivity index (χ2n) is 15.2. The highest BCUT2D eigenvalue weighted by Gasteiger charge is 2.19. The monoisotopic (exact) mass is 772 g/mol. The summed E-state index contributed by atoms with van der Waals surface area (Å²) in [5.74, 6) is 0.862. The van der Waals surface area contributed by atoms with Crippen LogP contribution in [0.2, 0.25) is 0 Å². The van der Waals surface area contributed by atoms with E-state index < -0.39 is 0 Å². The van der Waals surface area contributed by atoms with Gasteiger partial charge in [0.05, 0.1) is 29.4 Å². The maximum Gasteiger partial charge on any atom is 0.119 e. The number of hydrogen-bond acceptors (Lipinski definition) is 4. The van der Waals surface area contributed by atoms with E-state index in [4.69, 9.17) is 19.8 Å². The Labute approximate surface area is 345 Å². The molecule has 6 heteroatoms. The molecule has 3 N–H and O–H groups in total. The number of aliphatic hydroxyl groups is 1. The Morgan fingerprint density at radius 2 is 0.712 bits per heavy atom. The van der Waals surface area contributed by atoms with Gasteiger partial charge < -0.3 is 19.8 Å². The van der Waals surface area contributed by atoms with Gasteiger partial charge in [0.1, 0.15) is 5.75 Å². The molecule has 0 aliphatic carbocycles. The number of aromatic amines is 2. The predicted octanol–water partition coefficient (Wildman–Crippen LogP) is 13.4. The number of rotatable bonds is 14. The second kappa shape index (κ2) is 17.8. The van der Waals surface area contributed by atoms with Crippen molar-refractivity contribution >= 4 is 46.4 Å². The molecule has 0 radical (unpaired) electrons. The molecule has 292 valence electrons. The Bertz CT molecular complexity index is 2730. The van der Waals surface area contributed by atoms with E-state index >= 15 is 0 Å². The van der Waals surface area contributed by atoms with E-state index in [1.807, 2.05) is 0 Å². The van der Waals surface area contributed by atoms with Crippen LogP contribution in [-0.2, 0) is 0 Å². The van der Waals surface area contributed by atoms with Crippen LogP contribution >= 0.6 is 0 Å². The Kier molecular flexibility index (Phi) is 11.4. The number of benzene rings is 4. The summed E-state index contributed by atoms with van der Waals surface area (Å²) in [6, 6.07) is 48.6. The first-order chi connectivity index (χ1) is 29.2. The maximum atomic E-state index is 9.01. The summed E-state index contributed by atoms with van der Waals surface area (Å²) in [5, 5.41) is 9.01. The highest BCUT2D eigenvalue weighted by atomic mass is 16.5. The van der Waals surface area contributed by atoms with Gasteiger partial charge in [-0.25, -0.2) is 9.97 Å². The number of unbranched alkanes of at least 4 members (excludes halogenated alkanes) is 6. The van der Waals surface area contributed by atoms with Crippen LogP contribution in [-0.4, -0.2) is 38.3 Å². The van der Waals surface area contributed by atoms with Crippen molar-refractivity contribution < 1.29 is 9.84 Å². The number of ether oxygens (including phenoxy) is 1. The van der Waals surface area contributed by atoms with Crippen LogP contribution in [0, 0.1) is 0 Å². The van der Waals surface area contributed by atoms with Crippen LogP contribution < -0.4 is 4.74 Å². The lowest BCUT2D eigenvalue weighted by Crippen LogP contribution is -1.97. The van der Waals surface area contributed by atoms with E-state index in [0.29, 0.717) is 13.2 Å². The largest absolute Gasteiger partial charge is 0.494 e. The van der Waals surface area contributed by atoms with Crippen LogP contribution in [0.1, 0.15) is 67.7 Å². The molecule has 9 rings (SSSR count). The molecule has 8 bridgehead atoms. The van der Waals surface area contributed by atoms with Crippen molar-refractivity contribution in [3.05, 3.63) is 162 Å². The molecule has 3 aromatic heterocycles. The average Bonchev–Trinajstić information content (AvgIpc) is 4.13. The van der Waals surface area contributed by atoms with Gasteiger partial charge in [-0.05, 0) is 95.8 Å². The van der Waals surface area contributed by atoms with Gasteiger partial charge in [0.15, 0.2) is 0 Å². The third-order valence-electron chi connectivity index (χ3n) is 11.2. The van der Waals surface area contributed by atoms with Crippen molar-refractivity contribution in [1.82, 2.24) is 19.9 Å². The summed E-state index contributed by atoms with van der Waals surface area (Å²) >= 11 is 0. The maximum absolute atomic E-state index is 9.01. The molecule has 2 aliphatic rings. The quantitative estimate of drug-likeness (QED) is 0.0961. The second-order valence-corrected chi connectivity index (χ2v) is 15.2. The van der Waals surface area contributed by atoms with Crippen LogP contribution in [0.25, 0.3) is 90.9 Å². The lowest BCUT2D eigenvalue weighted by Gasteiger charge is -2.09. The number of fused-ring (bicyclic) bond motifs is 8. The minimum absolute atomic E-state index is 0.293. The minimum atomic E-state index is 0.293. The molecule has 2 aliphatic heterocycles. The van der Waals surface area contributed by atoms with Crippen LogP contribution in [0.4, 0.5) is 0 Å². The summed E-state index contributed by atoms with van der Waals surface area (Å²) in [6.45, 7) is 0.987. The Morgan fingerprint density at radius 3 is 1.08 bits per heavy atom. The average molecular weight is 773 g/mol. The van der Waals surface area contributed by atoms with E-state index in [9.17, 15) is 0 Å². The molecule has 0 saturated carbocycles. The van der Waals surface area contributed by atoms with Gasteiger partial charge >= 0.3 is 0 Å². The molecule has 0 atom stereocenters. The normalized spacial score (nSPS) is 11.9. The molecule has 0 saturated heterocycles. The molecule has 7 aromatic rings. The molecule has 0 unspecified atom stereocenters. The molecule has 59 heavy (non-hydrogen) atoms. The third-order valence-corrected chi connectivity index (χ3v) is 11.2. The Hall–Kier alpha value is -6.76. The Balaban J connectivity index is 1.22. The number of nitrogens with zero attached hydrogens (tertiary/aromatic N) is 2. The predicted molar refractivity (Wildman–Crippen MR) is 246 cm³/mol. The van der Waals surface area contributed by atoms with Crippen molar-refractivity contribution in [3.63, 3.8) is 0 Å².